The van der Waals surface area contributed by atoms with E-state index in [4.69, 9.17) is 0 Å². The summed E-state index contributed by atoms with van der Waals surface area (Å²) in [5.74, 6) is 0. The Bertz CT molecular complexity index is 899. The molecular formula is C15H10BrF3N4. The van der Waals surface area contributed by atoms with Crippen LogP contribution >= 0.6 is 15.9 Å². The lowest BCUT2D eigenvalue weighted by molar-refractivity contribution is -0.161. The Hall–Kier alpha value is -1.96. The minimum Gasteiger partial charge on any atom is -0.295 e. The zero-order valence-electron chi connectivity index (χ0n) is 11.7. The Morgan fingerprint density at radius 3 is 2.57 bits per heavy atom. The van der Waals surface area contributed by atoms with Crippen LogP contribution in [0.4, 0.5) is 13.2 Å². The Balaban J connectivity index is 1.88. The summed E-state index contributed by atoms with van der Waals surface area (Å²) in [4.78, 5) is 12.5. The van der Waals surface area contributed by atoms with Crippen molar-refractivity contribution in [3.8, 4) is 11.4 Å². The van der Waals surface area contributed by atoms with Crippen LogP contribution in [0, 0.1) is 0 Å². The summed E-state index contributed by atoms with van der Waals surface area (Å²) >= 11 is 3.29. The summed E-state index contributed by atoms with van der Waals surface area (Å²) in [6.45, 7) is 0. The predicted octanol–water partition coefficient (Wildman–Crippen LogP) is 4.15. The number of halogens is 4. The monoisotopic (exact) mass is 382 g/mol. The van der Waals surface area contributed by atoms with Gasteiger partial charge in [-0.2, -0.15) is 13.2 Å². The van der Waals surface area contributed by atoms with Crippen molar-refractivity contribution in [3.05, 3.63) is 47.1 Å². The van der Waals surface area contributed by atoms with Gasteiger partial charge in [-0.05, 0) is 40.9 Å². The Labute approximate surface area is 137 Å². The van der Waals surface area contributed by atoms with Crippen LogP contribution in [0.3, 0.4) is 0 Å². The standard InChI is InChI=1S/C15H10BrF3N4/c16-12-3-1-2-9(22-12)10-6-21-13-7-20-11(8-23(10)13)14(4-5-14)15(17,18)19/h1-3,6-8H,4-5H2. The lowest BCUT2D eigenvalue weighted by atomic mass is 10.0. The highest BCUT2D eigenvalue weighted by molar-refractivity contribution is 9.10. The third-order valence-electron chi connectivity index (χ3n) is 4.16. The normalized spacial score (nSPS) is 16.7. The zero-order chi connectivity index (χ0) is 16.2. The second-order valence-corrected chi connectivity index (χ2v) is 6.38. The van der Waals surface area contributed by atoms with Gasteiger partial charge in [-0.1, -0.05) is 6.07 Å². The summed E-state index contributed by atoms with van der Waals surface area (Å²) in [6.07, 6.45) is 0.261. The number of hydrogen-bond donors (Lipinski definition) is 0. The lowest BCUT2D eigenvalue weighted by Crippen LogP contribution is -2.29. The second kappa shape index (κ2) is 4.77. The lowest BCUT2D eigenvalue weighted by Gasteiger charge is -2.18. The highest BCUT2D eigenvalue weighted by atomic mass is 79.9. The Morgan fingerprint density at radius 2 is 1.91 bits per heavy atom. The van der Waals surface area contributed by atoms with Crippen molar-refractivity contribution in [2.45, 2.75) is 24.4 Å². The van der Waals surface area contributed by atoms with Crippen molar-refractivity contribution < 1.29 is 13.2 Å². The minimum atomic E-state index is -4.29. The third kappa shape index (κ3) is 2.23. The van der Waals surface area contributed by atoms with E-state index in [2.05, 4.69) is 30.9 Å². The number of fused-ring (bicyclic) bond motifs is 1. The summed E-state index contributed by atoms with van der Waals surface area (Å²) < 4.78 is 42.2. The van der Waals surface area contributed by atoms with E-state index in [1.807, 2.05) is 6.07 Å². The predicted molar refractivity (Wildman–Crippen MR) is 80.9 cm³/mol. The van der Waals surface area contributed by atoms with Crippen LogP contribution in [0.5, 0.6) is 0 Å². The molecule has 1 saturated carbocycles. The van der Waals surface area contributed by atoms with E-state index < -0.39 is 11.6 Å². The summed E-state index contributed by atoms with van der Waals surface area (Å²) in [5, 5.41) is 0. The van der Waals surface area contributed by atoms with E-state index in [1.165, 1.54) is 12.4 Å². The molecule has 4 rings (SSSR count). The number of aromatic nitrogens is 4. The Morgan fingerprint density at radius 1 is 1.13 bits per heavy atom. The van der Waals surface area contributed by atoms with Gasteiger partial charge in [0.15, 0.2) is 5.65 Å². The van der Waals surface area contributed by atoms with Crippen LogP contribution in [0.2, 0.25) is 0 Å². The molecule has 0 saturated heterocycles. The van der Waals surface area contributed by atoms with Crippen molar-refractivity contribution in [2.24, 2.45) is 0 Å². The number of hydrogen-bond acceptors (Lipinski definition) is 3. The van der Waals surface area contributed by atoms with Crippen LogP contribution in [-0.4, -0.2) is 25.5 Å². The fraction of sp³-hybridized carbons (Fsp3) is 0.267. The van der Waals surface area contributed by atoms with E-state index in [-0.39, 0.29) is 18.5 Å². The van der Waals surface area contributed by atoms with Gasteiger partial charge in [0.05, 0.1) is 29.5 Å². The van der Waals surface area contributed by atoms with Crippen LogP contribution in [-0.2, 0) is 5.41 Å². The molecule has 1 fully saturated rings. The molecule has 0 N–H and O–H groups in total. The van der Waals surface area contributed by atoms with Gasteiger partial charge in [-0.15, -0.1) is 0 Å². The van der Waals surface area contributed by atoms with E-state index in [9.17, 15) is 13.2 Å². The first kappa shape index (κ1) is 14.6. The van der Waals surface area contributed by atoms with Gasteiger partial charge in [0.2, 0.25) is 0 Å². The summed E-state index contributed by atoms with van der Waals surface area (Å²) in [6, 6.07) is 5.37. The van der Waals surface area contributed by atoms with E-state index >= 15 is 0 Å². The molecule has 0 atom stereocenters. The molecule has 0 unspecified atom stereocenters. The maximum Gasteiger partial charge on any atom is 0.399 e. The largest absolute Gasteiger partial charge is 0.399 e. The van der Waals surface area contributed by atoms with Crippen molar-refractivity contribution >= 4 is 21.6 Å². The molecule has 8 heteroatoms. The van der Waals surface area contributed by atoms with Gasteiger partial charge < -0.3 is 0 Å². The van der Waals surface area contributed by atoms with Crippen molar-refractivity contribution in [3.63, 3.8) is 0 Å². The maximum atomic E-state index is 13.3. The molecular weight excluding hydrogens is 373 g/mol. The summed E-state index contributed by atoms with van der Waals surface area (Å²) in [7, 11) is 0. The van der Waals surface area contributed by atoms with Crippen LogP contribution < -0.4 is 0 Å². The SMILES string of the molecule is FC(F)(F)C1(c2cn3c(-c4cccc(Br)n4)cnc3cn2)CC1. The first-order valence-corrected chi connectivity index (χ1v) is 7.73. The van der Waals surface area contributed by atoms with Crippen LogP contribution in [0.1, 0.15) is 18.5 Å². The molecule has 3 aromatic heterocycles. The molecule has 0 aliphatic heterocycles. The Kier molecular flexibility index (Phi) is 3.03. The van der Waals surface area contributed by atoms with Gasteiger partial charge >= 0.3 is 6.18 Å². The molecule has 3 heterocycles. The fourth-order valence-corrected chi connectivity index (χ4v) is 3.03. The van der Waals surface area contributed by atoms with E-state index in [0.717, 1.165) is 0 Å². The van der Waals surface area contributed by atoms with E-state index in [0.29, 0.717) is 21.6 Å². The fourth-order valence-electron chi connectivity index (χ4n) is 2.69. The topological polar surface area (TPSA) is 43.1 Å². The molecule has 4 nitrogen and oxygen atoms in total. The maximum absolute atomic E-state index is 13.3. The molecule has 0 radical (unpaired) electrons. The van der Waals surface area contributed by atoms with Gasteiger partial charge in [-0.3, -0.25) is 9.38 Å². The average Bonchev–Trinajstić information content (AvgIpc) is 3.22. The molecule has 23 heavy (non-hydrogen) atoms. The molecule has 0 amide bonds. The quantitative estimate of drug-likeness (QED) is 0.625. The van der Waals surface area contributed by atoms with Crippen molar-refractivity contribution in [1.82, 2.24) is 19.4 Å². The zero-order valence-corrected chi connectivity index (χ0v) is 13.3. The smallest absolute Gasteiger partial charge is 0.295 e. The number of nitrogens with zero attached hydrogens (tertiary/aromatic N) is 4. The van der Waals surface area contributed by atoms with Crippen LogP contribution in [0.25, 0.3) is 17.0 Å². The van der Waals surface area contributed by atoms with Gasteiger partial charge in [0.1, 0.15) is 10.0 Å². The first-order valence-electron chi connectivity index (χ1n) is 6.94. The van der Waals surface area contributed by atoms with Crippen molar-refractivity contribution in [2.75, 3.05) is 0 Å². The van der Waals surface area contributed by atoms with Gasteiger partial charge in [0, 0.05) is 6.20 Å². The van der Waals surface area contributed by atoms with E-state index in [1.54, 1.807) is 22.7 Å². The molecule has 0 bridgehead atoms. The highest BCUT2D eigenvalue weighted by Crippen LogP contribution is 2.58. The molecule has 0 spiro atoms. The first-order chi connectivity index (χ1) is 10.9. The molecule has 0 aromatic carbocycles. The molecule has 1 aliphatic rings. The minimum absolute atomic E-state index is 0.0340. The number of imidazole rings is 1. The molecule has 3 aromatic rings. The number of pyridine rings is 1. The highest BCUT2D eigenvalue weighted by Gasteiger charge is 2.65. The van der Waals surface area contributed by atoms with Gasteiger partial charge in [0.25, 0.3) is 0 Å². The van der Waals surface area contributed by atoms with Crippen LogP contribution in [0.15, 0.2) is 41.4 Å². The summed E-state index contributed by atoms with van der Waals surface area (Å²) in [5.41, 5.74) is -0.0352. The van der Waals surface area contributed by atoms with Crippen molar-refractivity contribution in [1.29, 1.82) is 0 Å². The third-order valence-corrected chi connectivity index (χ3v) is 4.60. The molecule has 118 valence electrons. The number of rotatable bonds is 2. The molecule has 1 aliphatic carbocycles. The van der Waals surface area contributed by atoms with Gasteiger partial charge in [-0.25, -0.2) is 9.97 Å². The second-order valence-electron chi connectivity index (χ2n) is 5.57. The number of alkyl halides is 3. The average molecular weight is 383 g/mol.